The maximum atomic E-state index is 12.1. The van der Waals surface area contributed by atoms with Gasteiger partial charge in [0.15, 0.2) is 0 Å². The van der Waals surface area contributed by atoms with E-state index >= 15 is 0 Å². The highest BCUT2D eigenvalue weighted by atomic mass is 32.2. The van der Waals surface area contributed by atoms with E-state index in [4.69, 9.17) is 9.47 Å². The fourth-order valence-corrected chi connectivity index (χ4v) is 3.99. The van der Waals surface area contributed by atoms with E-state index in [2.05, 4.69) is 15.0 Å². The number of hydrogen-bond acceptors (Lipinski definition) is 7. The minimum Gasteiger partial charge on any atom is -0.492 e. The van der Waals surface area contributed by atoms with Crippen molar-refractivity contribution in [2.24, 2.45) is 0 Å². The maximum absolute atomic E-state index is 12.1. The summed E-state index contributed by atoms with van der Waals surface area (Å²) in [6, 6.07) is 12.2. The van der Waals surface area contributed by atoms with Crippen LogP contribution in [0.5, 0.6) is 5.75 Å². The molecule has 10 heteroatoms. The summed E-state index contributed by atoms with van der Waals surface area (Å²) >= 11 is 0. The highest BCUT2D eigenvalue weighted by Gasteiger charge is 2.16. The Labute approximate surface area is 193 Å². The Hall–Kier alpha value is -3.08. The number of carbonyl (C=O) groups is 1. The monoisotopic (exact) mass is 475 g/mol. The first-order valence-electron chi connectivity index (χ1n) is 10.6. The molecule has 1 unspecified atom stereocenters. The number of aliphatic hydroxyl groups excluding tert-OH is 1. The molecule has 0 bridgehead atoms. The number of aliphatic hydroxyl groups is 1. The van der Waals surface area contributed by atoms with Crippen LogP contribution in [0.3, 0.4) is 0 Å². The van der Waals surface area contributed by atoms with Crippen molar-refractivity contribution in [3.05, 3.63) is 59.3 Å². The van der Waals surface area contributed by atoms with Crippen molar-refractivity contribution >= 4 is 32.6 Å². The van der Waals surface area contributed by atoms with Gasteiger partial charge in [0.2, 0.25) is 10.0 Å². The fourth-order valence-electron chi connectivity index (χ4n) is 3.44. The number of sulfonamides is 1. The van der Waals surface area contributed by atoms with E-state index in [1.54, 1.807) is 31.2 Å². The van der Waals surface area contributed by atoms with E-state index in [0.29, 0.717) is 42.5 Å². The van der Waals surface area contributed by atoms with E-state index in [0.717, 1.165) is 22.7 Å². The van der Waals surface area contributed by atoms with Crippen molar-refractivity contribution < 1.29 is 27.8 Å². The molecule has 33 heavy (non-hydrogen) atoms. The van der Waals surface area contributed by atoms with Crippen molar-refractivity contribution in [1.29, 1.82) is 0 Å². The molecule has 0 fully saturated rings. The summed E-state index contributed by atoms with van der Waals surface area (Å²) in [7, 11) is -3.38. The second-order valence-electron chi connectivity index (χ2n) is 7.62. The Bertz CT molecular complexity index is 1220. The zero-order valence-electron chi connectivity index (χ0n) is 18.8. The number of aromatic amines is 1. The molecule has 0 aliphatic carbocycles. The standard InChI is InChI=1S/C23H29N3O6S/c1-4-31-23(28)22-15(2)19-9-8-18(13-20(19)25-22)32-11-10-24-14-21(27)16-6-5-7-17(12-16)26-33(3,29)30/h5-9,12-13,21,24-27H,4,10-11,14H2,1-3H3. The summed E-state index contributed by atoms with van der Waals surface area (Å²) in [6.07, 6.45) is 0.275. The van der Waals surface area contributed by atoms with Crippen LogP contribution < -0.4 is 14.8 Å². The minimum absolute atomic E-state index is 0.281. The van der Waals surface area contributed by atoms with Gasteiger partial charge in [-0.25, -0.2) is 13.2 Å². The molecule has 0 amide bonds. The molecule has 0 spiro atoms. The quantitative estimate of drug-likeness (QED) is 0.248. The van der Waals surface area contributed by atoms with Crippen LogP contribution in [0.2, 0.25) is 0 Å². The third-order valence-corrected chi connectivity index (χ3v) is 5.58. The number of ether oxygens (including phenoxy) is 2. The van der Waals surface area contributed by atoms with Gasteiger partial charge in [-0.3, -0.25) is 4.72 Å². The van der Waals surface area contributed by atoms with Crippen LogP contribution >= 0.6 is 0 Å². The zero-order chi connectivity index (χ0) is 24.0. The molecule has 1 atom stereocenters. The highest BCUT2D eigenvalue weighted by Crippen LogP contribution is 2.26. The molecule has 0 saturated heterocycles. The molecule has 9 nitrogen and oxygen atoms in total. The average molecular weight is 476 g/mol. The molecule has 0 aliphatic rings. The Morgan fingerprint density at radius 1 is 1.21 bits per heavy atom. The summed E-state index contributed by atoms with van der Waals surface area (Å²) in [5.74, 6) is 0.273. The minimum atomic E-state index is -3.38. The lowest BCUT2D eigenvalue weighted by Crippen LogP contribution is -2.26. The Kier molecular flexibility index (Phi) is 7.96. The SMILES string of the molecule is CCOC(=O)c1[nH]c2cc(OCCNCC(O)c3cccc(NS(C)(=O)=O)c3)ccc2c1C. The van der Waals surface area contributed by atoms with Crippen LogP contribution in [0, 0.1) is 6.92 Å². The van der Waals surface area contributed by atoms with Crippen LogP contribution in [0.1, 0.15) is 34.6 Å². The number of anilines is 1. The van der Waals surface area contributed by atoms with Crippen LogP contribution in [-0.2, 0) is 14.8 Å². The van der Waals surface area contributed by atoms with Gasteiger partial charge in [-0.2, -0.15) is 0 Å². The molecule has 1 heterocycles. The molecule has 0 radical (unpaired) electrons. The van der Waals surface area contributed by atoms with E-state index in [9.17, 15) is 18.3 Å². The second kappa shape index (κ2) is 10.7. The van der Waals surface area contributed by atoms with Gasteiger partial charge in [-0.1, -0.05) is 12.1 Å². The van der Waals surface area contributed by atoms with Crippen molar-refractivity contribution in [2.45, 2.75) is 20.0 Å². The van der Waals surface area contributed by atoms with Crippen molar-refractivity contribution in [2.75, 3.05) is 37.3 Å². The molecule has 1 aromatic heterocycles. The molecule has 0 saturated carbocycles. The fraction of sp³-hybridized carbons (Fsp3) is 0.348. The van der Waals surface area contributed by atoms with Crippen LogP contribution in [-0.4, -0.2) is 57.0 Å². The lowest BCUT2D eigenvalue weighted by molar-refractivity contribution is 0.0519. The number of aromatic nitrogens is 1. The number of rotatable bonds is 11. The predicted octanol–water partition coefficient (Wildman–Crippen LogP) is 2.73. The van der Waals surface area contributed by atoms with Crippen LogP contribution in [0.25, 0.3) is 10.9 Å². The van der Waals surface area contributed by atoms with Gasteiger partial charge in [-0.15, -0.1) is 0 Å². The van der Waals surface area contributed by atoms with Crippen LogP contribution in [0.4, 0.5) is 5.69 Å². The molecule has 2 aromatic carbocycles. The predicted molar refractivity (Wildman–Crippen MR) is 127 cm³/mol. The number of hydrogen-bond donors (Lipinski definition) is 4. The maximum Gasteiger partial charge on any atom is 0.355 e. The molecule has 178 valence electrons. The van der Waals surface area contributed by atoms with Gasteiger partial charge in [-0.05, 0) is 49.2 Å². The molecule has 3 aromatic rings. The number of nitrogens with one attached hydrogen (secondary N) is 3. The first kappa shape index (κ1) is 24.6. The number of H-pyrrole nitrogens is 1. The van der Waals surface area contributed by atoms with Crippen molar-refractivity contribution in [3.8, 4) is 5.75 Å². The van der Waals surface area contributed by atoms with Gasteiger partial charge in [0.05, 0.1) is 24.5 Å². The van der Waals surface area contributed by atoms with Crippen molar-refractivity contribution in [3.63, 3.8) is 0 Å². The van der Waals surface area contributed by atoms with E-state index in [1.165, 1.54) is 0 Å². The summed E-state index contributed by atoms with van der Waals surface area (Å²) in [5.41, 5.74) is 3.07. The van der Waals surface area contributed by atoms with Gasteiger partial charge >= 0.3 is 5.97 Å². The second-order valence-corrected chi connectivity index (χ2v) is 9.37. The number of esters is 1. The Morgan fingerprint density at radius 3 is 2.73 bits per heavy atom. The van der Waals surface area contributed by atoms with Gasteiger partial charge in [0.25, 0.3) is 0 Å². The first-order valence-corrected chi connectivity index (χ1v) is 12.5. The van der Waals surface area contributed by atoms with Gasteiger partial charge in [0, 0.05) is 30.2 Å². The average Bonchev–Trinajstić information content (AvgIpc) is 3.08. The Balaban J connectivity index is 1.50. The van der Waals surface area contributed by atoms with Crippen LogP contribution in [0.15, 0.2) is 42.5 Å². The largest absolute Gasteiger partial charge is 0.492 e. The Morgan fingerprint density at radius 2 is 2.00 bits per heavy atom. The molecule has 3 rings (SSSR count). The molecular weight excluding hydrogens is 446 g/mol. The topological polar surface area (TPSA) is 130 Å². The van der Waals surface area contributed by atoms with Gasteiger partial charge < -0.3 is 24.9 Å². The number of aryl methyl sites for hydroxylation is 1. The molecule has 0 aliphatic heterocycles. The number of benzene rings is 2. The molecule has 4 N–H and O–H groups in total. The normalized spacial score (nSPS) is 12.5. The third-order valence-electron chi connectivity index (χ3n) is 4.97. The summed E-state index contributed by atoms with van der Waals surface area (Å²) in [5, 5.41) is 14.4. The summed E-state index contributed by atoms with van der Waals surface area (Å²) < 4.78 is 36.0. The lowest BCUT2D eigenvalue weighted by atomic mass is 10.1. The van der Waals surface area contributed by atoms with E-state index in [1.807, 2.05) is 25.1 Å². The number of carbonyl (C=O) groups excluding carboxylic acids is 1. The summed E-state index contributed by atoms with van der Waals surface area (Å²) in [6.45, 7) is 5.10. The summed E-state index contributed by atoms with van der Waals surface area (Å²) in [4.78, 5) is 15.2. The van der Waals surface area contributed by atoms with E-state index < -0.39 is 16.1 Å². The van der Waals surface area contributed by atoms with Gasteiger partial charge in [0.1, 0.15) is 18.1 Å². The third kappa shape index (κ3) is 6.70. The molecular formula is C23H29N3O6S. The zero-order valence-corrected chi connectivity index (χ0v) is 19.7. The highest BCUT2D eigenvalue weighted by molar-refractivity contribution is 7.92. The first-order chi connectivity index (χ1) is 15.7. The smallest absolute Gasteiger partial charge is 0.355 e. The lowest BCUT2D eigenvalue weighted by Gasteiger charge is -2.14. The van der Waals surface area contributed by atoms with Crippen molar-refractivity contribution in [1.82, 2.24) is 10.3 Å². The van der Waals surface area contributed by atoms with E-state index in [-0.39, 0.29) is 12.5 Å². The number of fused-ring (bicyclic) bond motifs is 1.